The summed E-state index contributed by atoms with van der Waals surface area (Å²) in [6, 6.07) is 7.08. The average Bonchev–Trinajstić information content (AvgIpc) is 3.10. The maximum atomic E-state index is 12.4. The summed E-state index contributed by atoms with van der Waals surface area (Å²) in [5.74, 6) is 0.486. The van der Waals surface area contributed by atoms with Gasteiger partial charge in [0.25, 0.3) is 11.5 Å². The minimum atomic E-state index is -0.361. The average molecular weight is 329 g/mol. The number of aromatic amines is 1. The highest BCUT2D eigenvalue weighted by Gasteiger charge is 2.25. The van der Waals surface area contributed by atoms with E-state index in [4.69, 9.17) is 4.42 Å². The molecule has 1 aliphatic heterocycles. The first-order chi connectivity index (χ1) is 11.6. The third-order valence-corrected chi connectivity index (χ3v) is 4.46. The van der Waals surface area contributed by atoms with Crippen molar-refractivity contribution in [3.63, 3.8) is 0 Å². The molecule has 0 spiro atoms. The number of H-pyrrole nitrogens is 1. The van der Waals surface area contributed by atoms with E-state index in [0.29, 0.717) is 6.54 Å². The first-order valence-corrected chi connectivity index (χ1v) is 8.41. The molecule has 0 bridgehead atoms. The van der Waals surface area contributed by atoms with E-state index in [0.717, 1.165) is 37.4 Å². The van der Waals surface area contributed by atoms with Gasteiger partial charge in [0.05, 0.1) is 12.3 Å². The summed E-state index contributed by atoms with van der Waals surface area (Å²) in [6.07, 6.45) is 5.21. The molecule has 6 heteroatoms. The summed E-state index contributed by atoms with van der Waals surface area (Å²) in [7, 11) is 0. The number of aromatic nitrogens is 1. The molecule has 1 amide bonds. The van der Waals surface area contributed by atoms with Crippen molar-refractivity contribution in [3.8, 4) is 0 Å². The predicted molar refractivity (Wildman–Crippen MR) is 91.0 cm³/mol. The van der Waals surface area contributed by atoms with Gasteiger partial charge in [-0.3, -0.25) is 14.5 Å². The summed E-state index contributed by atoms with van der Waals surface area (Å²) in [6.45, 7) is 4.19. The molecule has 3 heterocycles. The van der Waals surface area contributed by atoms with Gasteiger partial charge in [0, 0.05) is 12.2 Å². The number of amides is 1. The molecule has 1 atom stereocenters. The number of nitrogens with one attached hydrogen (secondary N) is 2. The molecule has 2 aromatic rings. The first kappa shape index (κ1) is 16.5. The fourth-order valence-corrected chi connectivity index (χ4v) is 3.16. The van der Waals surface area contributed by atoms with E-state index in [2.05, 4.69) is 15.2 Å². The molecule has 0 radical (unpaired) electrons. The minimum absolute atomic E-state index is 0.00576. The van der Waals surface area contributed by atoms with E-state index in [1.165, 1.54) is 6.42 Å². The van der Waals surface area contributed by atoms with Crippen LogP contribution in [0.15, 0.2) is 39.7 Å². The van der Waals surface area contributed by atoms with E-state index in [9.17, 15) is 9.59 Å². The normalized spacial score (nSPS) is 16.7. The molecule has 0 aliphatic carbocycles. The van der Waals surface area contributed by atoms with Gasteiger partial charge in [-0.05, 0) is 57.1 Å². The SMILES string of the molecule is Cc1ccc(C(=O)NC[C@@H](c2ccco2)N2CCCCC2)c(=O)[nH]1. The number of furan rings is 1. The van der Waals surface area contributed by atoms with Crippen LogP contribution in [0.4, 0.5) is 0 Å². The Morgan fingerprint density at radius 2 is 2.08 bits per heavy atom. The van der Waals surface area contributed by atoms with Crippen LogP contribution in [0.2, 0.25) is 0 Å². The number of pyridine rings is 1. The second-order valence-corrected chi connectivity index (χ2v) is 6.22. The van der Waals surface area contributed by atoms with Crippen LogP contribution in [0.1, 0.15) is 47.1 Å². The summed E-state index contributed by atoms with van der Waals surface area (Å²) in [5, 5.41) is 2.88. The Hall–Kier alpha value is -2.34. The van der Waals surface area contributed by atoms with Crippen molar-refractivity contribution >= 4 is 5.91 Å². The van der Waals surface area contributed by atoms with Crippen molar-refractivity contribution in [2.24, 2.45) is 0 Å². The zero-order valence-electron chi connectivity index (χ0n) is 13.9. The Morgan fingerprint density at radius 1 is 1.29 bits per heavy atom. The lowest BCUT2D eigenvalue weighted by molar-refractivity contribution is 0.0912. The summed E-state index contributed by atoms with van der Waals surface area (Å²) in [4.78, 5) is 29.3. The number of nitrogens with zero attached hydrogens (tertiary/aromatic N) is 1. The molecular formula is C18H23N3O3. The van der Waals surface area contributed by atoms with Crippen LogP contribution in [0, 0.1) is 6.92 Å². The molecule has 1 aliphatic rings. The highest BCUT2D eigenvalue weighted by molar-refractivity contribution is 5.93. The molecule has 0 saturated carbocycles. The second kappa shape index (κ2) is 7.49. The molecule has 1 fully saturated rings. The van der Waals surface area contributed by atoms with Crippen LogP contribution in [-0.4, -0.2) is 35.4 Å². The lowest BCUT2D eigenvalue weighted by Crippen LogP contribution is -2.41. The van der Waals surface area contributed by atoms with Crippen LogP contribution in [0.5, 0.6) is 0 Å². The lowest BCUT2D eigenvalue weighted by atomic mass is 10.1. The monoisotopic (exact) mass is 329 g/mol. The molecular weight excluding hydrogens is 306 g/mol. The Bertz CT molecular complexity index is 730. The Kier molecular flexibility index (Phi) is 5.15. The molecule has 0 unspecified atom stereocenters. The highest BCUT2D eigenvalue weighted by atomic mass is 16.3. The number of aryl methyl sites for hydroxylation is 1. The van der Waals surface area contributed by atoms with E-state index in [1.54, 1.807) is 25.3 Å². The predicted octanol–water partition coefficient (Wildman–Crippen LogP) is 2.23. The summed E-state index contributed by atoms with van der Waals surface area (Å²) < 4.78 is 5.57. The maximum Gasteiger partial charge on any atom is 0.260 e. The third-order valence-electron chi connectivity index (χ3n) is 4.46. The zero-order valence-corrected chi connectivity index (χ0v) is 13.9. The number of hydrogen-bond acceptors (Lipinski definition) is 4. The van der Waals surface area contributed by atoms with E-state index < -0.39 is 0 Å². The topological polar surface area (TPSA) is 78.3 Å². The van der Waals surface area contributed by atoms with Gasteiger partial charge >= 0.3 is 0 Å². The third kappa shape index (κ3) is 3.76. The second-order valence-electron chi connectivity index (χ2n) is 6.22. The first-order valence-electron chi connectivity index (χ1n) is 8.41. The van der Waals surface area contributed by atoms with Gasteiger partial charge in [-0.2, -0.15) is 0 Å². The largest absolute Gasteiger partial charge is 0.468 e. The number of rotatable bonds is 5. The fraction of sp³-hybridized carbons (Fsp3) is 0.444. The summed E-state index contributed by atoms with van der Waals surface area (Å²) in [5.41, 5.74) is 0.510. The highest BCUT2D eigenvalue weighted by Crippen LogP contribution is 2.24. The lowest BCUT2D eigenvalue weighted by Gasteiger charge is -2.33. The van der Waals surface area contributed by atoms with E-state index in [1.807, 2.05) is 12.1 Å². The van der Waals surface area contributed by atoms with E-state index >= 15 is 0 Å². The van der Waals surface area contributed by atoms with Crippen LogP contribution in [-0.2, 0) is 0 Å². The molecule has 0 aromatic carbocycles. The Labute approximate surface area is 140 Å². The molecule has 6 nitrogen and oxygen atoms in total. The number of piperidine rings is 1. The van der Waals surface area contributed by atoms with Gasteiger partial charge in [-0.15, -0.1) is 0 Å². The summed E-state index contributed by atoms with van der Waals surface area (Å²) >= 11 is 0. The minimum Gasteiger partial charge on any atom is -0.468 e. The fourth-order valence-electron chi connectivity index (χ4n) is 3.16. The number of hydrogen-bond donors (Lipinski definition) is 2. The van der Waals surface area contributed by atoms with Crippen LogP contribution in [0.25, 0.3) is 0 Å². The zero-order chi connectivity index (χ0) is 16.9. The molecule has 128 valence electrons. The standard InChI is InChI=1S/C18H23N3O3/c1-13-7-8-14(18(23)20-13)17(22)19-12-15(16-6-5-11-24-16)21-9-3-2-4-10-21/h5-8,11,15H,2-4,9-10,12H2,1H3,(H,19,22)(H,20,23)/t15-/m0/s1. The van der Waals surface area contributed by atoms with Crippen molar-refractivity contribution in [2.75, 3.05) is 19.6 Å². The number of carbonyl (C=O) groups is 1. The van der Waals surface area contributed by atoms with Gasteiger partial charge in [-0.25, -0.2) is 0 Å². The van der Waals surface area contributed by atoms with Gasteiger partial charge in [0.2, 0.25) is 0 Å². The number of carbonyl (C=O) groups excluding carboxylic acids is 1. The Morgan fingerprint density at radius 3 is 2.75 bits per heavy atom. The molecule has 24 heavy (non-hydrogen) atoms. The number of likely N-dealkylation sites (tertiary alicyclic amines) is 1. The van der Waals surface area contributed by atoms with E-state index in [-0.39, 0.29) is 23.1 Å². The van der Waals surface area contributed by atoms with Crippen molar-refractivity contribution in [1.29, 1.82) is 0 Å². The van der Waals surface area contributed by atoms with Crippen molar-refractivity contribution in [1.82, 2.24) is 15.2 Å². The van der Waals surface area contributed by atoms with Gasteiger partial charge < -0.3 is 14.7 Å². The van der Waals surface area contributed by atoms with Crippen molar-refractivity contribution in [3.05, 3.63) is 57.9 Å². The van der Waals surface area contributed by atoms with Gasteiger partial charge in [-0.1, -0.05) is 6.42 Å². The molecule has 1 saturated heterocycles. The van der Waals surface area contributed by atoms with Crippen molar-refractivity contribution < 1.29 is 9.21 Å². The molecule has 3 rings (SSSR count). The van der Waals surface area contributed by atoms with Crippen molar-refractivity contribution in [2.45, 2.75) is 32.2 Å². The quantitative estimate of drug-likeness (QED) is 0.882. The molecule has 2 N–H and O–H groups in total. The molecule has 2 aromatic heterocycles. The van der Waals surface area contributed by atoms with Gasteiger partial charge in [0.15, 0.2) is 0 Å². The van der Waals surface area contributed by atoms with Crippen LogP contribution >= 0.6 is 0 Å². The van der Waals surface area contributed by atoms with Gasteiger partial charge in [0.1, 0.15) is 11.3 Å². The Balaban J connectivity index is 1.71. The van der Waals surface area contributed by atoms with Crippen LogP contribution < -0.4 is 10.9 Å². The smallest absolute Gasteiger partial charge is 0.260 e. The maximum absolute atomic E-state index is 12.4. The van der Waals surface area contributed by atoms with Crippen LogP contribution in [0.3, 0.4) is 0 Å².